The van der Waals surface area contributed by atoms with Crippen molar-refractivity contribution in [3.8, 4) is 5.75 Å². The Hall–Kier alpha value is -1.70. The fourth-order valence-electron chi connectivity index (χ4n) is 2.43. The van der Waals surface area contributed by atoms with Gasteiger partial charge in [-0.2, -0.15) is 0 Å². The highest BCUT2D eigenvalue weighted by molar-refractivity contribution is 5.29. The van der Waals surface area contributed by atoms with E-state index in [0.717, 1.165) is 18.1 Å². The third-order valence-corrected chi connectivity index (χ3v) is 3.55. The van der Waals surface area contributed by atoms with Gasteiger partial charge in [-0.3, -0.25) is 0 Å². The number of ether oxygens (including phenoxy) is 1. The molecule has 1 fully saturated rings. The summed E-state index contributed by atoms with van der Waals surface area (Å²) in [5.74, 6) is 2.41. The van der Waals surface area contributed by atoms with Crippen LogP contribution in [0.4, 0.5) is 0 Å². The van der Waals surface area contributed by atoms with E-state index >= 15 is 0 Å². The Morgan fingerprint density at radius 2 is 2.06 bits per heavy atom. The van der Waals surface area contributed by atoms with Gasteiger partial charge in [0.1, 0.15) is 5.75 Å². The average Bonchev–Trinajstić information content (AvgIpc) is 2.92. The molecule has 1 unspecified atom stereocenters. The van der Waals surface area contributed by atoms with E-state index in [1.165, 1.54) is 17.5 Å². The summed E-state index contributed by atoms with van der Waals surface area (Å²) in [4.78, 5) is 0. The van der Waals surface area contributed by atoms with Gasteiger partial charge in [0.05, 0.1) is 19.6 Å². The lowest BCUT2D eigenvalue weighted by molar-refractivity contribution is 0.414. The first-order valence-corrected chi connectivity index (χ1v) is 6.02. The highest BCUT2D eigenvalue weighted by Gasteiger charge is 2.38. The Kier molecular flexibility index (Phi) is 2.63. The standard InChI is InChI=1S/C15H16O2/c1-16-14-4-2-11(3-5-14)8-13-9-15(13)12-6-7-17-10-12/h2-7,10,13,15H,8-9H2,1H3/t13-,15?/m0/s1. The maximum Gasteiger partial charge on any atom is 0.118 e. The Morgan fingerprint density at radius 1 is 1.24 bits per heavy atom. The van der Waals surface area contributed by atoms with Crippen molar-refractivity contribution >= 4 is 0 Å². The summed E-state index contributed by atoms with van der Waals surface area (Å²) in [5, 5.41) is 0. The third-order valence-electron chi connectivity index (χ3n) is 3.55. The van der Waals surface area contributed by atoms with Crippen molar-refractivity contribution in [3.05, 3.63) is 54.0 Å². The molecule has 0 aliphatic heterocycles. The van der Waals surface area contributed by atoms with Crippen LogP contribution in [-0.4, -0.2) is 7.11 Å². The minimum absolute atomic E-state index is 0.704. The average molecular weight is 228 g/mol. The van der Waals surface area contributed by atoms with Gasteiger partial charge in [0.2, 0.25) is 0 Å². The summed E-state index contributed by atoms with van der Waals surface area (Å²) in [6.45, 7) is 0. The molecule has 0 bridgehead atoms. The quantitative estimate of drug-likeness (QED) is 0.797. The number of rotatable bonds is 4. The SMILES string of the molecule is COc1ccc(C[C@H]2CC2c2ccoc2)cc1. The molecule has 2 atom stereocenters. The minimum atomic E-state index is 0.704. The molecule has 0 saturated heterocycles. The number of benzene rings is 1. The lowest BCUT2D eigenvalue weighted by Gasteiger charge is -2.02. The molecule has 2 heteroatoms. The molecule has 17 heavy (non-hydrogen) atoms. The molecule has 0 N–H and O–H groups in total. The van der Waals surface area contributed by atoms with Gasteiger partial charge in [0, 0.05) is 0 Å². The molecule has 0 spiro atoms. The number of methoxy groups -OCH3 is 1. The van der Waals surface area contributed by atoms with Crippen LogP contribution in [0, 0.1) is 5.92 Å². The van der Waals surface area contributed by atoms with E-state index in [0.29, 0.717) is 5.92 Å². The predicted molar refractivity (Wildman–Crippen MR) is 66.3 cm³/mol. The Morgan fingerprint density at radius 3 is 2.71 bits per heavy atom. The van der Waals surface area contributed by atoms with E-state index in [1.54, 1.807) is 13.4 Å². The molecule has 1 heterocycles. The molecule has 1 aliphatic carbocycles. The van der Waals surface area contributed by atoms with Crippen molar-refractivity contribution in [1.82, 2.24) is 0 Å². The van der Waals surface area contributed by atoms with E-state index in [-0.39, 0.29) is 0 Å². The van der Waals surface area contributed by atoms with Crippen LogP contribution in [0.3, 0.4) is 0 Å². The molecule has 1 saturated carbocycles. The predicted octanol–water partition coefficient (Wildman–Crippen LogP) is 3.63. The zero-order valence-corrected chi connectivity index (χ0v) is 9.93. The van der Waals surface area contributed by atoms with Crippen LogP contribution in [0.25, 0.3) is 0 Å². The molecular formula is C15H16O2. The maximum atomic E-state index is 5.16. The highest BCUT2D eigenvalue weighted by Crippen LogP contribution is 2.49. The van der Waals surface area contributed by atoms with Crippen molar-refractivity contribution in [2.45, 2.75) is 18.8 Å². The Bertz CT molecular complexity index is 470. The molecular weight excluding hydrogens is 212 g/mol. The first-order chi connectivity index (χ1) is 8.36. The van der Waals surface area contributed by atoms with Crippen LogP contribution in [0.5, 0.6) is 5.75 Å². The van der Waals surface area contributed by atoms with Crippen LogP contribution in [-0.2, 0) is 6.42 Å². The zero-order valence-electron chi connectivity index (χ0n) is 9.93. The number of furan rings is 1. The second-order valence-electron chi connectivity index (χ2n) is 4.71. The van der Waals surface area contributed by atoms with Crippen LogP contribution >= 0.6 is 0 Å². The van der Waals surface area contributed by atoms with Gasteiger partial charge in [-0.1, -0.05) is 12.1 Å². The molecule has 2 nitrogen and oxygen atoms in total. The van der Waals surface area contributed by atoms with Gasteiger partial charge < -0.3 is 9.15 Å². The van der Waals surface area contributed by atoms with Gasteiger partial charge in [0.15, 0.2) is 0 Å². The molecule has 1 aromatic carbocycles. The highest BCUT2D eigenvalue weighted by atomic mass is 16.5. The summed E-state index contributed by atoms with van der Waals surface area (Å²) < 4.78 is 10.3. The van der Waals surface area contributed by atoms with Crippen LogP contribution < -0.4 is 4.74 Å². The first kappa shape index (κ1) is 10.5. The van der Waals surface area contributed by atoms with Crippen LogP contribution in [0.15, 0.2) is 47.3 Å². The van der Waals surface area contributed by atoms with Crippen molar-refractivity contribution in [2.24, 2.45) is 5.92 Å². The molecule has 1 aromatic heterocycles. The number of hydrogen-bond acceptors (Lipinski definition) is 2. The van der Waals surface area contributed by atoms with E-state index in [4.69, 9.17) is 9.15 Å². The van der Waals surface area contributed by atoms with Gasteiger partial charge in [-0.15, -0.1) is 0 Å². The third kappa shape index (κ3) is 2.21. The summed E-state index contributed by atoms with van der Waals surface area (Å²) in [6, 6.07) is 10.5. The topological polar surface area (TPSA) is 22.4 Å². The zero-order chi connectivity index (χ0) is 11.7. The van der Waals surface area contributed by atoms with Crippen molar-refractivity contribution in [1.29, 1.82) is 0 Å². The first-order valence-electron chi connectivity index (χ1n) is 6.02. The maximum absolute atomic E-state index is 5.16. The Labute approximate surface area is 101 Å². The Balaban J connectivity index is 1.61. The fraction of sp³-hybridized carbons (Fsp3) is 0.333. The van der Waals surface area contributed by atoms with Gasteiger partial charge in [-0.05, 0) is 54.0 Å². The fourth-order valence-corrected chi connectivity index (χ4v) is 2.43. The smallest absolute Gasteiger partial charge is 0.118 e. The molecule has 3 rings (SSSR count). The summed E-state index contributed by atoms with van der Waals surface area (Å²) in [6.07, 6.45) is 6.07. The van der Waals surface area contributed by atoms with Crippen LogP contribution in [0.1, 0.15) is 23.5 Å². The van der Waals surface area contributed by atoms with Crippen LogP contribution in [0.2, 0.25) is 0 Å². The number of hydrogen-bond donors (Lipinski definition) is 0. The largest absolute Gasteiger partial charge is 0.497 e. The van der Waals surface area contributed by atoms with Crippen molar-refractivity contribution in [2.75, 3.05) is 7.11 Å². The van der Waals surface area contributed by atoms with Crippen molar-refractivity contribution in [3.63, 3.8) is 0 Å². The molecule has 2 aromatic rings. The van der Waals surface area contributed by atoms with E-state index in [2.05, 4.69) is 18.2 Å². The summed E-state index contributed by atoms with van der Waals surface area (Å²) >= 11 is 0. The monoisotopic (exact) mass is 228 g/mol. The van der Waals surface area contributed by atoms with Gasteiger partial charge in [-0.25, -0.2) is 0 Å². The molecule has 88 valence electrons. The molecule has 0 radical (unpaired) electrons. The van der Waals surface area contributed by atoms with E-state index in [9.17, 15) is 0 Å². The minimum Gasteiger partial charge on any atom is -0.497 e. The summed E-state index contributed by atoms with van der Waals surface area (Å²) in [7, 11) is 1.70. The molecule has 0 amide bonds. The van der Waals surface area contributed by atoms with Crippen molar-refractivity contribution < 1.29 is 9.15 Å². The molecule has 1 aliphatic rings. The lowest BCUT2D eigenvalue weighted by atomic mass is 10.1. The van der Waals surface area contributed by atoms with Gasteiger partial charge in [0.25, 0.3) is 0 Å². The van der Waals surface area contributed by atoms with Gasteiger partial charge >= 0.3 is 0 Å². The lowest BCUT2D eigenvalue weighted by Crippen LogP contribution is -1.90. The normalized spacial score (nSPS) is 22.4. The summed E-state index contributed by atoms with van der Waals surface area (Å²) in [5.41, 5.74) is 2.74. The second kappa shape index (κ2) is 4.28. The second-order valence-corrected chi connectivity index (χ2v) is 4.71. The van der Waals surface area contributed by atoms with E-state index < -0.39 is 0 Å². The van der Waals surface area contributed by atoms with E-state index in [1.807, 2.05) is 18.4 Å².